The average molecular weight is 305 g/mol. The van der Waals surface area contributed by atoms with Crippen LogP contribution in [0.15, 0.2) is 18.2 Å². The molecule has 1 aliphatic carbocycles. The van der Waals surface area contributed by atoms with Gasteiger partial charge in [-0.2, -0.15) is 0 Å². The highest BCUT2D eigenvalue weighted by molar-refractivity contribution is 5.94. The van der Waals surface area contributed by atoms with Crippen molar-refractivity contribution in [2.24, 2.45) is 0 Å². The number of hydrogen-bond donors (Lipinski definition) is 2. The normalized spacial score (nSPS) is 16.8. The summed E-state index contributed by atoms with van der Waals surface area (Å²) < 4.78 is 5.16. The van der Waals surface area contributed by atoms with Crippen molar-refractivity contribution in [3.05, 3.63) is 29.3 Å². The number of benzene rings is 1. The fourth-order valence-corrected chi connectivity index (χ4v) is 2.67. The molecule has 0 saturated heterocycles. The number of phenolic OH excluding ortho intramolecular Hbond substituents is 1. The number of esters is 1. The molecule has 1 aliphatic rings. The van der Waals surface area contributed by atoms with E-state index in [0.29, 0.717) is 5.56 Å². The zero-order valence-corrected chi connectivity index (χ0v) is 13.1. The maximum absolute atomic E-state index is 12.1. The van der Waals surface area contributed by atoms with Crippen LogP contribution in [0.4, 0.5) is 0 Å². The van der Waals surface area contributed by atoms with Crippen molar-refractivity contribution < 1.29 is 19.4 Å². The van der Waals surface area contributed by atoms with Gasteiger partial charge in [0.15, 0.2) is 6.10 Å². The van der Waals surface area contributed by atoms with Gasteiger partial charge in [0.1, 0.15) is 11.3 Å². The van der Waals surface area contributed by atoms with Gasteiger partial charge in [0.05, 0.1) is 0 Å². The highest BCUT2D eigenvalue weighted by atomic mass is 16.5. The second-order valence-electron chi connectivity index (χ2n) is 5.86. The molecule has 0 unspecified atom stereocenters. The molecule has 1 aromatic carbocycles. The highest BCUT2D eigenvalue weighted by Gasteiger charge is 2.24. The Morgan fingerprint density at radius 1 is 1.27 bits per heavy atom. The van der Waals surface area contributed by atoms with Crippen molar-refractivity contribution >= 4 is 11.9 Å². The Hall–Kier alpha value is -2.04. The monoisotopic (exact) mass is 305 g/mol. The topological polar surface area (TPSA) is 75.6 Å². The molecule has 2 rings (SSSR count). The second kappa shape index (κ2) is 7.29. The van der Waals surface area contributed by atoms with E-state index < -0.39 is 12.1 Å². The van der Waals surface area contributed by atoms with Crippen molar-refractivity contribution in [3.8, 4) is 5.75 Å². The summed E-state index contributed by atoms with van der Waals surface area (Å²) >= 11 is 0. The van der Waals surface area contributed by atoms with Gasteiger partial charge in [0, 0.05) is 6.04 Å². The summed E-state index contributed by atoms with van der Waals surface area (Å²) in [5.41, 5.74) is 0.672. The molecule has 120 valence electrons. The number of aryl methyl sites for hydroxylation is 1. The van der Waals surface area contributed by atoms with Gasteiger partial charge in [0.25, 0.3) is 5.91 Å². The molecule has 1 saturated carbocycles. The Labute approximate surface area is 130 Å². The van der Waals surface area contributed by atoms with Crippen LogP contribution in [0.1, 0.15) is 54.9 Å². The lowest BCUT2D eigenvalue weighted by molar-refractivity contribution is -0.130. The Balaban J connectivity index is 1.92. The molecule has 0 spiro atoms. The summed E-state index contributed by atoms with van der Waals surface area (Å²) in [7, 11) is 0. The number of phenols is 1. The summed E-state index contributed by atoms with van der Waals surface area (Å²) in [6.07, 6.45) is 4.53. The van der Waals surface area contributed by atoms with Crippen LogP contribution in [0.2, 0.25) is 0 Å². The summed E-state index contributed by atoms with van der Waals surface area (Å²) in [5.74, 6) is -1.08. The quantitative estimate of drug-likeness (QED) is 0.839. The van der Waals surface area contributed by atoms with E-state index in [-0.39, 0.29) is 23.3 Å². The predicted molar refractivity (Wildman–Crippen MR) is 82.7 cm³/mol. The lowest BCUT2D eigenvalue weighted by Crippen LogP contribution is -2.42. The van der Waals surface area contributed by atoms with Crippen molar-refractivity contribution in [2.45, 2.75) is 58.1 Å². The van der Waals surface area contributed by atoms with Crippen molar-refractivity contribution in [2.75, 3.05) is 0 Å². The minimum atomic E-state index is -0.880. The van der Waals surface area contributed by atoms with Crippen LogP contribution in [-0.2, 0) is 9.53 Å². The fraction of sp³-hybridized carbons (Fsp3) is 0.529. The summed E-state index contributed by atoms with van der Waals surface area (Å²) in [6, 6.07) is 5.02. The van der Waals surface area contributed by atoms with Gasteiger partial charge < -0.3 is 15.2 Å². The first-order chi connectivity index (χ1) is 10.5. The number of amides is 1. The highest BCUT2D eigenvalue weighted by Crippen LogP contribution is 2.22. The number of para-hydroxylation sites is 1. The van der Waals surface area contributed by atoms with Gasteiger partial charge in [-0.15, -0.1) is 0 Å². The first-order valence-electron chi connectivity index (χ1n) is 7.79. The molecule has 5 nitrogen and oxygen atoms in total. The SMILES string of the molecule is Cc1cccc(C(=O)O[C@H](C)C(=O)NC2CCCCC2)c1O. The maximum Gasteiger partial charge on any atom is 0.342 e. The molecule has 22 heavy (non-hydrogen) atoms. The summed E-state index contributed by atoms with van der Waals surface area (Å²) in [5, 5.41) is 12.8. The standard InChI is InChI=1S/C17H23NO4/c1-11-7-6-10-14(15(11)19)17(21)22-12(2)16(20)18-13-8-4-3-5-9-13/h6-7,10,12-13,19H,3-5,8-9H2,1-2H3,(H,18,20)/t12-/m1/s1. The van der Waals surface area contributed by atoms with Crippen LogP contribution in [0.5, 0.6) is 5.75 Å². The number of hydrogen-bond acceptors (Lipinski definition) is 4. The molecular formula is C17H23NO4. The van der Waals surface area contributed by atoms with Crippen molar-refractivity contribution in [1.82, 2.24) is 5.32 Å². The number of ether oxygens (including phenoxy) is 1. The number of nitrogens with one attached hydrogen (secondary N) is 1. The van der Waals surface area contributed by atoms with Gasteiger partial charge in [-0.1, -0.05) is 31.4 Å². The molecule has 0 bridgehead atoms. The average Bonchev–Trinajstić information content (AvgIpc) is 2.50. The number of carbonyl (C=O) groups excluding carboxylic acids is 2. The molecular weight excluding hydrogens is 282 g/mol. The fourth-order valence-electron chi connectivity index (χ4n) is 2.67. The molecule has 0 heterocycles. The Bertz CT molecular complexity index is 550. The van der Waals surface area contributed by atoms with E-state index in [0.717, 1.165) is 25.7 Å². The molecule has 0 radical (unpaired) electrons. The molecule has 1 fully saturated rings. The van der Waals surface area contributed by atoms with Crippen molar-refractivity contribution in [1.29, 1.82) is 0 Å². The number of rotatable bonds is 4. The first-order valence-corrected chi connectivity index (χ1v) is 7.79. The van der Waals surface area contributed by atoms with Crippen LogP contribution in [-0.4, -0.2) is 29.1 Å². The van der Waals surface area contributed by atoms with E-state index in [1.165, 1.54) is 12.5 Å². The lowest BCUT2D eigenvalue weighted by atomic mass is 9.95. The Kier molecular flexibility index (Phi) is 5.41. The van der Waals surface area contributed by atoms with E-state index in [9.17, 15) is 14.7 Å². The Morgan fingerprint density at radius 2 is 1.95 bits per heavy atom. The van der Waals surface area contributed by atoms with Gasteiger partial charge >= 0.3 is 5.97 Å². The first kappa shape index (κ1) is 16.3. The third-order valence-electron chi connectivity index (χ3n) is 4.06. The maximum atomic E-state index is 12.1. The third kappa shape index (κ3) is 4.00. The smallest absolute Gasteiger partial charge is 0.342 e. The lowest BCUT2D eigenvalue weighted by Gasteiger charge is -2.24. The zero-order chi connectivity index (χ0) is 16.1. The van der Waals surface area contributed by atoms with E-state index in [1.807, 2.05) is 0 Å². The van der Waals surface area contributed by atoms with E-state index in [1.54, 1.807) is 26.0 Å². The second-order valence-corrected chi connectivity index (χ2v) is 5.86. The minimum absolute atomic E-state index is 0.0808. The van der Waals surface area contributed by atoms with Gasteiger partial charge in [0.2, 0.25) is 0 Å². The molecule has 1 aromatic rings. The van der Waals surface area contributed by atoms with Crippen LogP contribution in [0.3, 0.4) is 0 Å². The molecule has 2 N–H and O–H groups in total. The third-order valence-corrected chi connectivity index (χ3v) is 4.06. The van der Waals surface area contributed by atoms with Crippen LogP contribution >= 0.6 is 0 Å². The predicted octanol–water partition coefficient (Wildman–Crippen LogP) is 2.69. The van der Waals surface area contributed by atoms with Gasteiger partial charge in [-0.3, -0.25) is 4.79 Å². The molecule has 5 heteroatoms. The number of aromatic hydroxyl groups is 1. The van der Waals surface area contributed by atoms with Crippen LogP contribution in [0.25, 0.3) is 0 Å². The van der Waals surface area contributed by atoms with E-state index in [4.69, 9.17) is 4.74 Å². The molecule has 0 aliphatic heterocycles. The van der Waals surface area contributed by atoms with Crippen LogP contribution < -0.4 is 5.32 Å². The van der Waals surface area contributed by atoms with E-state index >= 15 is 0 Å². The van der Waals surface area contributed by atoms with Crippen molar-refractivity contribution in [3.63, 3.8) is 0 Å². The summed E-state index contributed by atoms with van der Waals surface area (Å²) in [4.78, 5) is 24.1. The van der Waals surface area contributed by atoms with E-state index in [2.05, 4.69) is 5.32 Å². The molecule has 1 atom stereocenters. The number of carbonyl (C=O) groups is 2. The van der Waals surface area contributed by atoms with Gasteiger partial charge in [-0.25, -0.2) is 4.79 Å². The minimum Gasteiger partial charge on any atom is -0.507 e. The molecule has 1 amide bonds. The largest absolute Gasteiger partial charge is 0.507 e. The Morgan fingerprint density at radius 3 is 2.64 bits per heavy atom. The molecule has 0 aromatic heterocycles. The van der Waals surface area contributed by atoms with Gasteiger partial charge in [-0.05, 0) is 38.3 Å². The summed E-state index contributed by atoms with van der Waals surface area (Å²) in [6.45, 7) is 3.24. The zero-order valence-electron chi connectivity index (χ0n) is 13.1. The van der Waals surface area contributed by atoms with Crippen LogP contribution in [0, 0.1) is 6.92 Å².